The van der Waals surface area contributed by atoms with Crippen molar-refractivity contribution >= 4 is 0 Å². The standard InChI is InChI=1S/C18H22FN/c1-5-17(20-4)14-7-6-8-15(11-14)18-12(2)9-16(19)10-13(18)3/h6-11,17,20H,5H2,1-4H3. The number of benzene rings is 2. The average molecular weight is 271 g/mol. The summed E-state index contributed by atoms with van der Waals surface area (Å²) in [6.07, 6.45) is 1.04. The van der Waals surface area contributed by atoms with E-state index in [9.17, 15) is 4.39 Å². The number of aryl methyl sites for hydroxylation is 2. The van der Waals surface area contributed by atoms with E-state index in [1.54, 1.807) is 12.1 Å². The van der Waals surface area contributed by atoms with Crippen LogP contribution in [0, 0.1) is 19.7 Å². The molecule has 0 amide bonds. The van der Waals surface area contributed by atoms with Gasteiger partial charge in [0.2, 0.25) is 0 Å². The normalized spacial score (nSPS) is 12.4. The van der Waals surface area contributed by atoms with Crippen LogP contribution in [0.1, 0.15) is 36.1 Å². The van der Waals surface area contributed by atoms with Crippen molar-refractivity contribution in [1.82, 2.24) is 5.32 Å². The van der Waals surface area contributed by atoms with Crippen molar-refractivity contribution in [3.63, 3.8) is 0 Å². The van der Waals surface area contributed by atoms with Gasteiger partial charge in [-0.3, -0.25) is 0 Å². The van der Waals surface area contributed by atoms with Gasteiger partial charge in [-0.05, 0) is 73.3 Å². The lowest BCUT2D eigenvalue weighted by Crippen LogP contribution is -2.15. The van der Waals surface area contributed by atoms with Crippen LogP contribution in [0.25, 0.3) is 11.1 Å². The molecule has 0 aliphatic rings. The molecule has 2 rings (SSSR count). The van der Waals surface area contributed by atoms with E-state index in [1.807, 2.05) is 20.9 Å². The second-order valence-corrected chi connectivity index (χ2v) is 5.29. The minimum Gasteiger partial charge on any atom is -0.313 e. The van der Waals surface area contributed by atoms with Crippen molar-refractivity contribution in [1.29, 1.82) is 0 Å². The molecule has 0 radical (unpaired) electrons. The van der Waals surface area contributed by atoms with Crippen LogP contribution in [0.4, 0.5) is 4.39 Å². The molecule has 0 heterocycles. The highest BCUT2D eigenvalue weighted by atomic mass is 19.1. The van der Waals surface area contributed by atoms with Gasteiger partial charge < -0.3 is 5.32 Å². The van der Waals surface area contributed by atoms with Crippen LogP contribution < -0.4 is 5.32 Å². The molecule has 0 aliphatic heterocycles. The molecule has 1 unspecified atom stereocenters. The zero-order valence-corrected chi connectivity index (χ0v) is 12.6. The molecule has 0 fully saturated rings. The predicted molar refractivity (Wildman–Crippen MR) is 83.4 cm³/mol. The van der Waals surface area contributed by atoms with Gasteiger partial charge in [0.15, 0.2) is 0 Å². The molecule has 2 aromatic carbocycles. The Morgan fingerprint density at radius 3 is 2.30 bits per heavy atom. The van der Waals surface area contributed by atoms with Crippen molar-refractivity contribution in [2.24, 2.45) is 0 Å². The summed E-state index contributed by atoms with van der Waals surface area (Å²) in [6.45, 7) is 6.10. The summed E-state index contributed by atoms with van der Waals surface area (Å²) in [5.41, 5.74) is 5.54. The highest BCUT2D eigenvalue weighted by molar-refractivity contribution is 5.71. The Kier molecular flexibility index (Phi) is 4.56. The minimum absolute atomic E-state index is 0.165. The Morgan fingerprint density at radius 1 is 1.10 bits per heavy atom. The van der Waals surface area contributed by atoms with Crippen molar-refractivity contribution < 1.29 is 4.39 Å². The Bertz CT molecular complexity index is 577. The van der Waals surface area contributed by atoms with Crippen LogP contribution in [0.3, 0.4) is 0 Å². The van der Waals surface area contributed by atoms with Crippen molar-refractivity contribution in [2.45, 2.75) is 33.2 Å². The van der Waals surface area contributed by atoms with Crippen LogP contribution in [0.15, 0.2) is 36.4 Å². The largest absolute Gasteiger partial charge is 0.313 e. The molecular formula is C18H22FN. The molecule has 0 saturated carbocycles. The lowest BCUT2D eigenvalue weighted by molar-refractivity contribution is 0.577. The van der Waals surface area contributed by atoms with E-state index in [2.05, 4.69) is 36.5 Å². The number of hydrogen-bond acceptors (Lipinski definition) is 1. The average Bonchev–Trinajstić information content (AvgIpc) is 2.39. The summed E-state index contributed by atoms with van der Waals surface area (Å²) >= 11 is 0. The fourth-order valence-electron chi connectivity index (χ4n) is 2.88. The van der Waals surface area contributed by atoms with Crippen molar-refractivity contribution in [3.8, 4) is 11.1 Å². The minimum atomic E-state index is -0.165. The number of rotatable bonds is 4. The second-order valence-electron chi connectivity index (χ2n) is 5.29. The third-order valence-corrected chi connectivity index (χ3v) is 3.83. The van der Waals surface area contributed by atoms with Crippen LogP contribution in [0.2, 0.25) is 0 Å². The highest BCUT2D eigenvalue weighted by Crippen LogP contribution is 2.30. The fraction of sp³-hybridized carbons (Fsp3) is 0.333. The zero-order valence-electron chi connectivity index (χ0n) is 12.6. The topological polar surface area (TPSA) is 12.0 Å². The fourth-order valence-corrected chi connectivity index (χ4v) is 2.88. The SMILES string of the molecule is CCC(NC)c1cccc(-c2c(C)cc(F)cc2C)c1. The van der Waals surface area contributed by atoms with Crippen LogP contribution in [0.5, 0.6) is 0 Å². The summed E-state index contributed by atoms with van der Waals surface area (Å²) in [5, 5.41) is 3.33. The first-order chi connectivity index (χ1) is 9.56. The lowest BCUT2D eigenvalue weighted by atomic mass is 9.93. The Morgan fingerprint density at radius 2 is 1.75 bits per heavy atom. The maximum absolute atomic E-state index is 13.4. The number of hydrogen-bond donors (Lipinski definition) is 1. The monoisotopic (exact) mass is 271 g/mol. The van der Waals surface area contributed by atoms with Gasteiger partial charge in [-0.2, -0.15) is 0 Å². The first-order valence-electron chi connectivity index (χ1n) is 7.11. The maximum Gasteiger partial charge on any atom is 0.123 e. The number of halogens is 1. The summed E-state index contributed by atoms with van der Waals surface area (Å²) < 4.78 is 13.4. The van der Waals surface area contributed by atoms with E-state index < -0.39 is 0 Å². The van der Waals surface area contributed by atoms with E-state index in [1.165, 1.54) is 5.56 Å². The molecule has 2 aromatic rings. The summed E-state index contributed by atoms with van der Waals surface area (Å²) in [5.74, 6) is -0.165. The molecule has 1 N–H and O–H groups in total. The van der Waals surface area contributed by atoms with E-state index in [0.717, 1.165) is 28.7 Å². The molecule has 20 heavy (non-hydrogen) atoms. The van der Waals surface area contributed by atoms with E-state index >= 15 is 0 Å². The van der Waals surface area contributed by atoms with Gasteiger partial charge in [0, 0.05) is 6.04 Å². The predicted octanol–water partition coefficient (Wildman–Crippen LogP) is 4.78. The van der Waals surface area contributed by atoms with E-state index in [-0.39, 0.29) is 5.82 Å². The van der Waals surface area contributed by atoms with Crippen molar-refractivity contribution in [3.05, 3.63) is 58.9 Å². The molecule has 0 bridgehead atoms. The van der Waals surface area contributed by atoms with Crippen LogP contribution in [-0.2, 0) is 0 Å². The van der Waals surface area contributed by atoms with E-state index in [0.29, 0.717) is 6.04 Å². The maximum atomic E-state index is 13.4. The molecule has 0 aromatic heterocycles. The van der Waals surface area contributed by atoms with E-state index in [4.69, 9.17) is 0 Å². The zero-order chi connectivity index (χ0) is 14.7. The Balaban J connectivity index is 2.51. The molecule has 0 aliphatic carbocycles. The van der Waals surface area contributed by atoms with Gasteiger partial charge in [0.1, 0.15) is 5.82 Å². The first kappa shape index (κ1) is 14.7. The summed E-state index contributed by atoms with van der Waals surface area (Å²) in [4.78, 5) is 0. The molecule has 2 heteroatoms. The third-order valence-electron chi connectivity index (χ3n) is 3.83. The molecular weight excluding hydrogens is 249 g/mol. The summed E-state index contributed by atoms with van der Waals surface area (Å²) in [6, 6.07) is 12.1. The third kappa shape index (κ3) is 2.91. The number of nitrogens with one attached hydrogen (secondary N) is 1. The van der Waals surface area contributed by atoms with Gasteiger partial charge in [-0.25, -0.2) is 4.39 Å². The second kappa shape index (κ2) is 6.19. The van der Waals surface area contributed by atoms with Crippen LogP contribution in [-0.4, -0.2) is 7.05 Å². The Hall–Kier alpha value is -1.67. The smallest absolute Gasteiger partial charge is 0.123 e. The quantitative estimate of drug-likeness (QED) is 0.843. The Labute approximate surface area is 120 Å². The van der Waals surface area contributed by atoms with Crippen molar-refractivity contribution in [2.75, 3.05) is 7.05 Å². The molecule has 0 spiro atoms. The molecule has 0 saturated heterocycles. The van der Waals surface area contributed by atoms with Gasteiger partial charge in [0.25, 0.3) is 0 Å². The van der Waals surface area contributed by atoms with Gasteiger partial charge in [-0.15, -0.1) is 0 Å². The van der Waals surface area contributed by atoms with Gasteiger partial charge in [0.05, 0.1) is 0 Å². The van der Waals surface area contributed by atoms with Gasteiger partial charge in [-0.1, -0.05) is 25.1 Å². The summed E-state index contributed by atoms with van der Waals surface area (Å²) in [7, 11) is 1.98. The molecule has 1 atom stereocenters. The first-order valence-corrected chi connectivity index (χ1v) is 7.11. The highest BCUT2D eigenvalue weighted by Gasteiger charge is 2.11. The lowest BCUT2D eigenvalue weighted by Gasteiger charge is -2.17. The molecule has 106 valence electrons. The molecule has 1 nitrogen and oxygen atoms in total. The van der Waals surface area contributed by atoms with Crippen LogP contribution >= 0.6 is 0 Å². The van der Waals surface area contributed by atoms with Gasteiger partial charge >= 0.3 is 0 Å².